The number of carbonyl (C=O) groups is 1. The molecular formula is C16H23FN2O2S2. The van der Waals surface area contributed by atoms with Crippen molar-refractivity contribution in [1.29, 1.82) is 0 Å². The number of nitrogens with zero attached hydrogens (tertiary/aromatic N) is 2. The van der Waals surface area contributed by atoms with E-state index < -0.39 is 11.8 Å². The Morgan fingerprint density at radius 3 is 3.09 bits per heavy atom. The monoisotopic (exact) mass is 358 g/mol. The predicted octanol–water partition coefficient (Wildman–Crippen LogP) is 1.99. The molecule has 0 spiro atoms. The number of thioether (sulfide) groups is 1. The molecule has 1 aromatic heterocycles. The van der Waals surface area contributed by atoms with Crippen LogP contribution < -0.4 is 0 Å². The van der Waals surface area contributed by atoms with Crippen LogP contribution in [-0.2, 0) is 11.3 Å². The van der Waals surface area contributed by atoms with Crippen molar-refractivity contribution >= 4 is 29.0 Å². The van der Waals surface area contributed by atoms with Gasteiger partial charge in [0.05, 0.1) is 0 Å². The Hall–Kier alpha value is -0.630. The molecule has 0 radical (unpaired) electrons. The average Bonchev–Trinajstić information content (AvgIpc) is 3.23. The lowest BCUT2D eigenvalue weighted by molar-refractivity contribution is -0.148. The minimum Gasteiger partial charge on any atom is -0.379 e. The fraction of sp³-hybridized carbons (Fsp3) is 0.688. The van der Waals surface area contributed by atoms with Crippen molar-refractivity contribution in [1.82, 2.24) is 9.80 Å². The van der Waals surface area contributed by atoms with Crippen LogP contribution >= 0.6 is 23.1 Å². The van der Waals surface area contributed by atoms with E-state index in [9.17, 15) is 14.3 Å². The van der Waals surface area contributed by atoms with Gasteiger partial charge in [0.25, 0.3) is 5.91 Å². The Morgan fingerprint density at radius 2 is 2.43 bits per heavy atom. The fourth-order valence-corrected chi connectivity index (χ4v) is 5.35. The highest BCUT2D eigenvalue weighted by Crippen LogP contribution is 2.30. The first kappa shape index (κ1) is 17.2. The van der Waals surface area contributed by atoms with Gasteiger partial charge in [-0.3, -0.25) is 9.69 Å². The van der Waals surface area contributed by atoms with Gasteiger partial charge in [-0.05, 0) is 30.0 Å². The van der Waals surface area contributed by atoms with E-state index in [-0.39, 0.29) is 11.9 Å². The number of likely N-dealkylation sites (N-methyl/N-ethyl adjacent to an activating group) is 1. The van der Waals surface area contributed by atoms with E-state index in [0.717, 1.165) is 12.3 Å². The number of aliphatic hydroxyl groups is 1. The molecule has 3 atom stereocenters. The first-order chi connectivity index (χ1) is 11.0. The molecule has 0 aliphatic carbocycles. The van der Waals surface area contributed by atoms with E-state index in [0.29, 0.717) is 31.7 Å². The molecule has 2 saturated heterocycles. The van der Waals surface area contributed by atoms with Crippen molar-refractivity contribution in [3.63, 3.8) is 0 Å². The zero-order chi connectivity index (χ0) is 16.4. The lowest BCUT2D eigenvalue weighted by Crippen LogP contribution is -2.51. The van der Waals surface area contributed by atoms with Crippen LogP contribution in [0.15, 0.2) is 17.5 Å². The van der Waals surface area contributed by atoms with Crippen LogP contribution in [0.4, 0.5) is 4.39 Å². The van der Waals surface area contributed by atoms with E-state index >= 15 is 0 Å². The van der Waals surface area contributed by atoms with Gasteiger partial charge >= 0.3 is 0 Å². The molecule has 7 heteroatoms. The molecule has 0 aromatic carbocycles. The number of carbonyl (C=O) groups excluding carboxylic acids is 1. The van der Waals surface area contributed by atoms with Crippen molar-refractivity contribution in [2.75, 3.05) is 31.6 Å². The minimum atomic E-state index is -1.23. The third-order valence-electron chi connectivity index (χ3n) is 4.65. The second kappa shape index (κ2) is 7.09. The molecule has 1 aromatic rings. The summed E-state index contributed by atoms with van der Waals surface area (Å²) < 4.78 is 13.9. The Labute approximate surface area is 144 Å². The van der Waals surface area contributed by atoms with Gasteiger partial charge in [-0.15, -0.1) is 11.3 Å². The second-order valence-electron chi connectivity index (χ2n) is 6.52. The third kappa shape index (κ3) is 3.90. The number of thiophene rings is 1. The number of likely N-dealkylation sites (tertiary alicyclic amines) is 1. The number of hydrogen-bond donors (Lipinski definition) is 1. The van der Waals surface area contributed by atoms with Crippen molar-refractivity contribution in [2.45, 2.75) is 37.2 Å². The summed E-state index contributed by atoms with van der Waals surface area (Å²) in [5.74, 6) is 1.06. The molecule has 0 saturated carbocycles. The van der Waals surface area contributed by atoms with E-state index in [4.69, 9.17) is 0 Å². The van der Waals surface area contributed by atoms with Crippen LogP contribution in [0.1, 0.15) is 17.7 Å². The van der Waals surface area contributed by atoms with Crippen molar-refractivity contribution in [3.05, 3.63) is 22.4 Å². The van der Waals surface area contributed by atoms with Gasteiger partial charge < -0.3 is 10.0 Å². The largest absolute Gasteiger partial charge is 0.379 e. The molecule has 0 unspecified atom stereocenters. The van der Waals surface area contributed by atoms with Gasteiger partial charge in [0.15, 0.2) is 5.60 Å². The maximum atomic E-state index is 13.9. The van der Waals surface area contributed by atoms with Crippen LogP contribution in [0, 0.1) is 0 Å². The first-order valence-electron chi connectivity index (χ1n) is 7.94. The van der Waals surface area contributed by atoms with Gasteiger partial charge in [0, 0.05) is 43.4 Å². The molecule has 2 fully saturated rings. The number of alkyl halides is 1. The van der Waals surface area contributed by atoms with Crippen LogP contribution in [0.5, 0.6) is 0 Å². The third-order valence-corrected chi connectivity index (χ3v) is 6.68. The fourth-order valence-electron chi connectivity index (χ4n) is 3.39. The molecule has 128 valence electrons. The summed E-state index contributed by atoms with van der Waals surface area (Å²) in [5, 5.41) is 12.5. The van der Waals surface area contributed by atoms with E-state index in [1.807, 2.05) is 11.4 Å². The topological polar surface area (TPSA) is 43.8 Å². The highest BCUT2D eigenvalue weighted by atomic mass is 32.2. The smallest absolute Gasteiger partial charge is 0.255 e. The molecule has 23 heavy (non-hydrogen) atoms. The maximum Gasteiger partial charge on any atom is 0.255 e. The van der Waals surface area contributed by atoms with Gasteiger partial charge in [-0.25, -0.2) is 4.39 Å². The summed E-state index contributed by atoms with van der Waals surface area (Å²) in [6, 6.07) is 4.07. The highest BCUT2D eigenvalue weighted by Gasteiger charge is 2.42. The van der Waals surface area contributed by atoms with Crippen LogP contribution in [-0.4, -0.2) is 70.3 Å². The lowest BCUT2D eigenvalue weighted by atomic mass is 10.0. The molecule has 2 aliphatic heterocycles. The van der Waals surface area contributed by atoms with Crippen molar-refractivity contribution in [2.24, 2.45) is 0 Å². The van der Waals surface area contributed by atoms with Crippen molar-refractivity contribution in [3.8, 4) is 0 Å². The van der Waals surface area contributed by atoms with Gasteiger partial charge in [0.2, 0.25) is 0 Å². The summed E-state index contributed by atoms with van der Waals surface area (Å²) in [7, 11) is 1.72. The molecule has 1 N–H and O–H groups in total. The Balaban J connectivity index is 1.61. The van der Waals surface area contributed by atoms with Crippen LogP contribution in [0.25, 0.3) is 0 Å². The predicted molar refractivity (Wildman–Crippen MR) is 92.6 cm³/mol. The first-order valence-corrected chi connectivity index (χ1v) is 9.97. The van der Waals surface area contributed by atoms with Crippen LogP contribution in [0.2, 0.25) is 0 Å². The molecule has 3 rings (SSSR count). The van der Waals surface area contributed by atoms with Gasteiger partial charge in [0.1, 0.15) is 6.17 Å². The van der Waals surface area contributed by atoms with Crippen LogP contribution in [0.3, 0.4) is 0 Å². The summed E-state index contributed by atoms with van der Waals surface area (Å²) in [5.41, 5.74) is -1.23. The normalized spacial score (nSPS) is 31.6. The molecular weight excluding hydrogens is 335 g/mol. The molecule has 4 nitrogen and oxygen atoms in total. The summed E-state index contributed by atoms with van der Waals surface area (Å²) in [6.07, 6.45) is 0.125. The molecule has 2 aliphatic rings. The van der Waals surface area contributed by atoms with E-state index in [1.54, 1.807) is 35.0 Å². The lowest BCUT2D eigenvalue weighted by Gasteiger charge is -2.32. The van der Waals surface area contributed by atoms with Crippen molar-refractivity contribution < 1.29 is 14.3 Å². The standard InChI is InChI=1S/C16H23FN2O2S2/c1-18(15(20)16(21)4-6-22-11-16)9-13-7-12(17)8-19(13)10-14-3-2-5-23-14/h2-3,5,12-13,21H,4,6-11H2,1H3/t12-,13-,16-/m0/s1. The quantitative estimate of drug-likeness (QED) is 0.874. The Bertz CT molecular complexity index is 534. The zero-order valence-corrected chi connectivity index (χ0v) is 14.9. The second-order valence-corrected chi connectivity index (χ2v) is 8.65. The number of amides is 1. The van der Waals surface area contributed by atoms with E-state index in [2.05, 4.69) is 11.0 Å². The zero-order valence-electron chi connectivity index (χ0n) is 13.3. The molecule has 0 bridgehead atoms. The molecule has 1 amide bonds. The summed E-state index contributed by atoms with van der Waals surface area (Å²) in [4.78, 5) is 17.4. The maximum absolute atomic E-state index is 13.9. The Kier molecular flexibility index (Phi) is 5.30. The highest BCUT2D eigenvalue weighted by molar-refractivity contribution is 7.99. The van der Waals surface area contributed by atoms with Gasteiger partial charge in [-0.2, -0.15) is 11.8 Å². The molecule has 3 heterocycles. The van der Waals surface area contributed by atoms with Gasteiger partial charge in [-0.1, -0.05) is 6.07 Å². The number of hydrogen-bond acceptors (Lipinski definition) is 5. The van der Waals surface area contributed by atoms with E-state index in [1.165, 1.54) is 4.88 Å². The Morgan fingerprint density at radius 1 is 1.61 bits per heavy atom. The summed E-state index contributed by atoms with van der Waals surface area (Å²) in [6.45, 7) is 1.62. The minimum absolute atomic E-state index is 0.0127. The summed E-state index contributed by atoms with van der Waals surface area (Å²) >= 11 is 3.28. The number of halogens is 1. The average molecular weight is 359 g/mol. The SMILES string of the molecule is CN(C[C@@H]1C[C@H](F)CN1Cc1cccs1)C(=O)[C@]1(O)CCSC1. The number of rotatable bonds is 5.